The maximum Gasteiger partial charge on any atom is 0.149 e. The molecular weight excluding hydrogens is 400 g/mol. The zero-order valence-electron chi connectivity index (χ0n) is 14.2. The molecule has 0 fully saturated rings. The first-order valence-electron chi connectivity index (χ1n) is 8.81. The van der Waals surface area contributed by atoms with E-state index in [1.54, 1.807) is 0 Å². The number of para-hydroxylation sites is 2. The minimum Gasteiger partial charge on any atom is -0.456 e. The van der Waals surface area contributed by atoms with Crippen LogP contribution in [-0.2, 0) is 0 Å². The summed E-state index contributed by atoms with van der Waals surface area (Å²) in [5.74, 6) is 0. The predicted octanol–water partition coefficient (Wildman–Crippen LogP) is 7.91. The molecular formula is C24H13BrO2. The first-order valence-corrected chi connectivity index (χ1v) is 9.60. The van der Waals surface area contributed by atoms with Gasteiger partial charge in [-0.15, -0.1) is 0 Å². The fourth-order valence-corrected chi connectivity index (χ4v) is 4.39. The van der Waals surface area contributed by atoms with E-state index in [1.807, 2.05) is 36.4 Å². The lowest BCUT2D eigenvalue weighted by Gasteiger charge is -2.04. The molecule has 2 nitrogen and oxygen atoms in total. The second-order valence-electron chi connectivity index (χ2n) is 6.71. The van der Waals surface area contributed by atoms with Gasteiger partial charge in [-0.1, -0.05) is 48.5 Å². The lowest BCUT2D eigenvalue weighted by atomic mass is 9.98. The molecule has 6 rings (SSSR count). The summed E-state index contributed by atoms with van der Waals surface area (Å²) >= 11 is 3.59. The van der Waals surface area contributed by atoms with Crippen molar-refractivity contribution >= 4 is 59.8 Å². The highest BCUT2D eigenvalue weighted by atomic mass is 79.9. The molecule has 4 aromatic carbocycles. The van der Waals surface area contributed by atoms with E-state index in [0.29, 0.717) is 0 Å². The average molecular weight is 413 g/mol. The molecule has 0 bridgehead atoms. The van der Waals surface area contributed by atoms with Crippen molar-refractivity contribution in [2.24, 2.45) is 0 Å². The number of halogens is 1. The van der Waals surface area contributed by atoms with Crippen molar-refractivity contribution in [2.75, 3.05) is 0 Å². The van der Waals surface area contributed by atoms with Crippen LogP contribution < -0.4 is 0 Å². The Morgan fingerprint density at radius 2 is 1.37 bits per heavy atom. The van der Waals surface area contributed by atoms with Crippen molar-refractivity contribution in [2.45, 2.75) is 0 Å². The fraction of sp³-hybridized carbons (Fsp3) is 0. The maximum absolute atomic E-state index is 6.05. The van der Waals surface area contributed by atoms with Crippen molar-refractivity contribution in [1.29, 1.82) is 0 Å². The molecule has 3 heteroatoms. The van der Waals surface area contributed by atoms with Gasteiger partial charge in [-0.25, -0.2) is 0 Å². The third-order valence-corrected chi connectivity index (χ3v) is 5.79. The Kier molecular flexibility index (Phi) is 3.06. The van der Waals surface area contributed by atoms with Crippen molar-refractivity contribution in [3.63, 3.8) is 0 Å². The van der Waals surface area contributed by atoms with Crippen LogP contribution in [0.5, 0.6) is 0 Å². The Morgan fingerprint density at radius 3 is 2.33 bits per heavy atom. The first kappa shape index (κ1) is 15.1. The predicted molar refractivity (Wildman–Crippen MR) is 114 cm³/mol. The number of fused-ring (bicyclic) bond motifs is 6. The normalized spacial score (nSPS) is 11.9. The Labute approximate surface area is 163 Å². The van der Waals surface area contributed by atoms with Gasteiger partial charge < -0.3 is 8.83 Å². The molecule has 2 heterocycles. The molecule has 6 aromatic rings. The number of rotatable bonds is 1. The Hall–Kier alpha value is -3.04. The molecule has 0 N–H and O–H groups in total. The highest BCUT2D eigenvalue weighted by Gasteiger charge is 2.14. The minimum atomic E-state index is 0.886. The lowest BCUT2D eigenvalue weighted by Crippen LogP contribution is -1.79. The number of furan rings is 2. The Morgan fingerprint density at radius 1 is 0.593 bits per heavy atom. The summed E-state index contributed by atoms with van der Waals surface area (Å²) in [6.45, 7) is 0. The molecule has 0 saturated heterocycles. The van der Waals surface area contributed by atoms with Crippen molar-refractivity contribution in [3.8, 4) is 11.1 Å². The van der Waals surface area contributed by atoms with Gasteiger partial charge in [0.05, 0.1) is 4.47 Å². The molecule has 0 aliphatic heterocycles. The molecule has 128 valence electrons. The molecule has 0 saturated carbocycles. The smallest absolute Gasteiger partial charge is 0.149 e. The van der Waals surface area contributed by atoms with Gasteiger partial charge >= 0.3 is 0 Å². The zero-order chi connectivity index (χ0) is 18.0. The highest BCUT2D eigenvalue weighted by molar-refractivity contribution is 9.10. The van der Waals surface area contributed by atoms with Crippen LogP contribution in [0, 0.1) is 0 Å². The van der Waals surface area contributed by atoms with E-state index in [9.17, 15) is 0 Å². The highest BCUT2D eigenvalue weighted by Crippen LogP contribution is 2.39. The molecule has 0 radical (unpaired) electrons. The van der Waals surface area contributed by atoms with E-state index >= 15 is 0 Å². The van der Waals surface area contributed by atoms with E-state index in [2.05, 4.69) is 58.4 Å². The average Bonchev–Trinajstić information content (AvgIpc) is 3.26. The van der Waals surface area contributed by atoms with Crippen molar-refractivity contribution in [3.05, 3.63) is 83.3 Å². The molecule has 0 unspecified atom stereocenters. The van der Waals surface area contributed by atoms with Crippen LogP contribution in [0.25, 0.3) is 55.0 Å². The SMILES string of the molecule is Brc1cccc2c1oc1ccc(-c3cccc4oc5ccccc5c34)cc12. The van der Waals surface area contributed by atoms with Gasteiger partial charge in [-0.3, -0.25) is 0 Å². The molecule has 2 aromatic heterocycles. The Bertz CT molecular complexity index is 1490. The topological polar surface area (TPSA) is 26.3 Å². The van der Waals surface area contributed by atoms with Crippen molar-refractivity contribution in [1.82, 2.24) is 0 Å². The standard InChI is InChI=1S/C24H13BrO2/c25-19-8-3-7-16-18-13-14(11-12-21(18)27-24(16)19)15-6-4-10-22-23(15)17-5-1-2-9-20(17)26-22/h1-13H. The van der Waals surface area contributed by atoms with Crippen LogP contribution in [0.4, 0.5) is 0 Å². The van der Waals surface area contributed by atoms with Gasteiger partial charge in [0.2, 0.25) is 0 Å². The molecule has 0 aliphatic carbocycles. The quantitative estimate of drug-likeness (QED) is 0.274. The van der Waals surface area contributed by atoms with Gasteiger partial charge in [-0.05, 0) is 57.4 Å². The van der Waals surface area contributed by atoms with Crippen LogP contribution in [0.3, 0.4) is 0 Å². The molecule has 27 heavy (non-hydrogen) atoms. The fourth-order valence-electron chi connectivity index (χ4n) is 3.95. The monoisotopic (exact) mass is 412 g/mol. The van der Waals surface area contributed by atoms with Gasteiger partial charge in [0.15, 0.2) is 0 Å². The third kappa shape index (κ3) is 2.12. The van der Waals surface area contributed by atoms with Gasteiger partial charge in [0.1, 0.15) is 22.3 Å². The molecule has 0 spiro atoms. The number of hydrogen-bond donors (Lipinski definition) is 0. The maximum atomic E-state index is 6.05. The van der Waals surface area contributed by atoms with Crippen LogP contribution >= 0.6 is 15.9 Å². The molecule has 0 atom stereocenters. The summed E-state index contributed by atoms with van der Waals surface area (Å²) in [5, 5.41) is 4.53. The van der Waals surface area contributed by atoms with Gasteiger partial charge in [0.25, 0.3) is 0 Å². The van der Waals surface area contributed by atoms with E-state index in [0.717, 1.165) is 53.9 Å². The molecule has 0 aliphatic rings. The van der Waals surface area contributed by atoms with Crippen LogP contribution in [0.1, 0.15) is 0 Å². The second kappa shape index (κ2) is 5.48. The summed E-state index contributed by atoms with van der Waals surface area (Å²) in [6.07, 6.45) is 0. The third-order valence-electron chi connectivity index (χ3n) is 5.16. The lowest BCUT2D eigenvalue weighted by molar-refractivity contribution is 0.667. The first-order chi connectivity index (χ1) is 13.3. The van der Waals surface area contributed by atoms with Gasteiger partial charge in [0, 0.05) is 21.5 Å². The van der Waals surface area contributed by atoms with Crippen LogP contribution in [0.15, 0.2) is 92.2 Å². The summed E-state index contributed by atoms with van der Waals surface area (Å²) < 4.78 is 13.1. The van der Waals surface area contributed by atoms with Crippen LogP contribution in [-0.4, -0.2) is 0 Å². The van der Waals surface area contributed by atoms with E-state index in [-0.39, 0.29) is 0 Å². The number of benzene rings is 4. The number of hydrogen-bond acceptors (Lipinski definition) is 2. The van der Waals surface area contributed by atoms with E-state index in [4.69, 9.17) is 8.83 Å². The van der Waals surface area contributed by atoms with Crippen molar-refractivity contribution < 1.29 is 8.83 Å². The van der Waals surface area contributed by atoms with E-state index in [1.165, 1.54) is 5.56 Å². The Balaban J connectivity index is 1.70. The van der Waals surface area contributed by atoms with E-state index < -0.39 is 0 Å². The molecule has 0 amide bonds. The zero-order valence-corrected chi connectivity index (χ0v) is 15.8. The summed E-state index contributed by atoms with van der Waals surface area (Å²) in [4.78, 5) is 0. The minimum absolute atomic E-state index is 0.886. The van der Waals surface area contributed by atoms with Gasteiger partial charge in [-0.2, -0.15) is 0 Å². The second-order valence-corrected chi connectivity index (χ2v) is 7.56. The summed E-state index contributed by atoms with van der Waals surface area (Å²) in [6, 6.07) is 27.0. The van der Waals surface area contributed by atoms with Crippen LogP contribution in [0.2, 0.25) is 0 Å². The summed E-state index contributed by atoms with van der Waals surface area (Å²) in [5.41, 5.74) is 5.93. The largest absolute Gasteiger partial charge is 0.456 e. The summed E-state index contributed by atoms with van der Waals surface area (Å²) in [7, 11) is 0.